The third-order valence-electron chi connectivity index (χ3n) is 5.09. The Bertz CT molecular complexity index is 1010. The molecule has 0 unspecified atom stereocenters. The van der Waals surface area contributed by atoms with Gasteiger partial charge in [0.2, 0.25) is 0 Å². The number of ether oxygens (including phenoxy) is 2. The van der Waals surface area contributed by atoms with Gasteiger partial charge in [-0.1, -0.05) is 30.3 Å². The van der Waals surface area contributed by atoms with Crippen molar-refractivity contribution in [3.63, 3.8) is 0 Å². The molecule has 0 saturated heterocycles. The summed E-state index contributed by atoms with van der Waals surface area (Å²) in [4.78, 5) is 23.9. The number of allylic oxidation sites excluding steroid dienone is 2. The lowest BCUT2D eigenvalue weighted by Gasteiger charge is -2.19. The first-order chi connectivity index (χ1) is 15.0. The smallest absolute Gasteiger partial charge is 0.341 e. The minimum Gasteiger partial charge on any atom is -0.493 e. The maximum atomic E-state index is 12.5. The van der Waals surface area contributed by atoms with E-state index in [1.54, 1.807) is 7.11 Å². The van der Waals surface area contributed by atoms with Gasteiger partial charge < -0.3 is 19.9 Å². The van der Waals surface area contributed by atoms with Gasteiger partial charge in [0, 0.05) is 38.4 Å². The van der Waals surface area contributed by atoms with E-state index in [9.17, 15) is 14.7 Å². The van der Waals surface area contributed by atoms with Crippen molar-refractivity contribution in [2.24, 2.45) is 0 Å². The summed E-state index contributed by atoms with van der Waals surface area (Å²) in [5.41, 5.74) is 4.32. The third-order valence-corrected chi connectivity index (χ3v) is 5.09. The Balaban J connectivity index is 2.07. The third kappa shape index (κ3) is 5.61. The number of hydrogen-bond acceptors (Lipinski definition) is 5. The average Bonchev–Trinajstić information content (AvgIpc) is 2.76. The zero-order valence-electron chi connectivity index (χ0n) is 17.8. The van der Waals surface area contributed by atoms with Gasteiger partial charge in [-0.05, 0) is 53.8 Å². The molecule has 2 aromatic rings. The first-order valence-electron chi connectivity index (χ1n) is 10.2. The fraction of sp³-hybridized carbons (Fsp3) is 0.280. The normalized spacial score (nSPS) is 17.4. The number of carboxylic acids is 1. The van der Waals surface area contributed by atoms with E-state index in [4.69, 9.17) is 9.47 Å². The first-order valence-corrected chi connectivity index (χ1v) is 10.2. The highest BCUT2D eigenvalue weighted by Crippen LogP contribution is 2.36. The van der Waals surface area contributed by atoms with Crippen LogP contribution in [0.15, 0.2) is 60.3 Å². The number of carbonyl (C=O) groups excluding carboxylic acids is 1. The van der Waals surface area contributed by atoms with Crippen molar-refractivity contribution in [3.05, 3.63) is 71.4 Å². The van der Waals surface area contributed by atoms with Gasteiger partial charge in [0.15, 0.2) is 5.78 Å². The van der Waals surface area contributed by atoms with Crippen LogP contribution in [-0.2, 0) is 20.7 Å². The maximum absolute atomic E-state index is 12.5. The minimum atomic E-state index is -1.24. The fourth-order valence-corrected chi connectivity index (χ4v) is 3.52. The molecule has 162 valence electrons. The number of carboxylic acid groups (broad SMARTS) is 1. The molecule has 0 atom stereocenters. The van der Waals surface area contributed by atoms with Crippen molar-refractivity contribution in [1.82, 2.24) is 5.32 Å². The van der Waals surface area contributed by atoms with E-state index >= 15 is 0 Å². The number of ketones is 1. The molecular formula is C25H27NO5. The van der Waals surface area contributed by atoms with Crippen LogP contribution >= 0.6 is 0 Å². The van der Waals surface area contributed by atoms with Crippen LogP contribution in [0.4, 0.5) is 0 Å². The number of aliphatic carboxylic acids is 1. The number of methoxy groups -OCH3 is 1. The Morgan fingerprint density at radius 2 is 1.90 bits per heavy atom. The number of hydrogen-bond donors (Lipinski definition) is 2. The Labute approximate surface area is 182 Å². The quantitative estimate of drug-likeness (QED) is 0.522. The van der Waals surface area contributed by atoms with E-state index in [0.717, 1.165) is 40.0 Å². The Morgan fingerprint density at radius 3 is 2.61 bits per heavy atom. The summed E-state index contributed by atoms with van der Waals surface area (Å²) in [5, 5.41) is 12.3. The lowest BCUT2D eigenvalue weighted by molar-refractivity contribution is -0.134. The molecule has 0 fully saturated rings. The SMILES string of the molecule is COCCCOc1cc2c(cc1-c1ccccc1)/C(C)=C/C(=O)/C(C(=O)O)=C\NCC2. The highest BCUT2D eigenvalue weighted by atomic mass is 16.5. The summed E-state index contributed by atoms with van der Waals surface area (Å²) < 4.78 is 11.2. The molecule has 0 aromatic heterocycles. The van der Waals surface area contributed by atoms with Crippen LogP contribution in [0.3, 0.4) is 0 Å². The van der Waals surface area contributed by atoms with Gasteiger partial charge in [-0.2, -0.15) is 0 Å². The molecule has 3 rings (SSSR count). The summed E-state index contributed by atoms with van der Waals surface area (Å²) in [6, 6.07) is 14.0. The van der Waals surface area contributed by atoms with E-state index < -0.39 is 11.8 Å². The van der Waals surface area contributed by atoms with Gasteiger partial charge in [-0.3, -0.25) is 4.79 Å². The summed E-state index contributed by atoms with van der Waals surface area (Å²) in [6.45, 7) is 3.48. The number of fused-ring (bicyclic) bond motifs is 1. The minimum absolute atomic E-state index is 0.274. The predicted molar refractivity (Wildman–Crippen MR) is 120 cm³/mol. The van der Waals surface area contributed by atoms with Crippen LogP contribution in [-0.4, -0.2) is 43.7 Å². The van der Waals surface area contributed by atoms with Gasteiger partial charge in [-0.25, -0.2) is 4.79 Å². The summed E-state index contributed by atoms with van der Waals surface area (Å²) in [6.07, 6.45) is 4.10. The second kappa shape index (κ2) is 10.6. The van der Waals surface area contributed by atoms with Gasteiger partial charge in [0.1, 0.15) is 11.3 Å². The molecule has 6 nitrogen and oxygen atoms in total. The number of carbonyl (C=O) groups is 2. The van der Waals surface area contributed by atoms with Gasteiger partial charge in [0.05, 0.1) is 6.61 Å². The zero-order chi connectivity index (χ0) is 22.2. The number of nitrogens with one attached hydrogen (secondary N) is 1. The summed E-state index contributed by atoms with van der Waals surface area (Å²) in [7, 11) is 1.67. The highest BCUT2D eigenvalue weighted by molar-refractivity contribution is 6.22. The fourth-order valence-electron chi connectivity index (χ4n) is 3.52. The van der Waals surface area contributed by atoms with Crippen LogP contribution in [0.5, 0.6) is 5.75 Å². The van der Waals surface area contributed by atoms with E-state index in [0.29, 0.717) is 26.2 Å². The molecule has 0 bridgehead atoms. The van der Waals surface area contributed by atoms with Crippen molar-refractivity contribution in [2.75, 3.05) is 26.9 Å². The van der Waals surface area contributed by atoms with Crippen LogP contribution < -0.4 is 10.1 Å². The Morgan fingerprint density at radius 1 is 1.13 bits per heavy atom. The molecule has 0 saturated carbocycles. The molecule has 1 aliphatic heterocycles. The number of rotatable bonds is 7. The molecular weight excluding hydrogens is 394 g/mol. The van der Waals surface area contributed by atoms with Crippen molar-refractivity contribution in [3.8, 4) is 16.9 Å². The molecule has 0 amide bonds. The van der Waals surface area contributed by atoms with Gasteiger partial charge in [-0.15, -0.1) is 0 Å². The van der Waals surface area contributed by atoms with Crippen LogP contribution in [0.2, 0.25) is 0 Å². The summed E-state index contributed by atoms with van der Waals surface area (Å²) >= 11 is 0. The van der Waals surface area contributed by atoms with Gasteiger partial charge in [0.25, 0.3) is 0 Å². The highest BCUT2D eigenvalue weighted by Gasteiger charge is 2.19. The molecule has 0 aliphatic carbocycles. The molecule has 1 aliphatic rings. The molecule has 0 radical (unpaired) electrons. The molecule has 0 spiro atoms. The van der Waals surface area contributed by atoms with E-state index in [-0.39, 0.29) is 5.57 Å². The van der Waals surface area contributed by atoms with E-state index in [1.807, 2.05) is 49.4 Å². The Kier molecular flexibility index (Phi) is 7.62. The topological polar surface area (TPSA) is 84.9 Å². The predicted octanol–water partition coefficient (Wildman–Crippen LogP) is 3.86. The lowest BCUT2D eigenvalue weighted by atomic mass is 9.91. The second-order valence-electron chi connectivity index (χ2n) is 7.33. The van der Waals surface area contributed by atoms with E-state index in [2.05, 4.69) is 5.32 Å². The van der Waals surface area contributed by atoms with Crippen LogP contribution in [0.25, 0.3) is 16.7 Å². The number of benzene rings is 2. The summed E-state index contributed by atoms with van der Waals surface area (Å²) in [5.74, 6) is -1.00. The van der Waals surface area contributed by atoms with Crippen LogP contribution in [0, 0.1) is 0 Å². The zero-order valence-corrected chi connectivity index (χ0v) is 17.8. The maximum Gasteiger partial charge on any atom is 0.341 e. The molecule has 2 aromatic carbocycles. The van der Waals surface area contributed by atoms with Crippen molar-refractivity contribution < 1.29 is 24.2 Å². The average molecular weight is 421 g/mol. The lowest BCUT2D eigenvalue weighted by Crippen LogP contribution is -2.19. The first kappa shape index (κ1) is 22.3. The molecule has 6 heteroatoms. The molecule has 31 heavy (non-hydrogen) atoms. The van der Waals surface area contributed by atoms with Crippen molar-refractivity contribution in [2.45, 2.75) is 19.8 Å². The van der Waals surface area contributed by atoms with E-state index in [1.165, 1.54) is 12.3 Å². The molecule has 1 heterocycles. The molecule has 2 N–H and O–H groups in total. The van der Waals surface area contributed by atoms with Crippen molar-refractivity contribution in [1.29, 1.82) is 0 Å². The van der Waals surface area contributed by atoms with Gasteiger partial charge >= 0.3 is 5.97 Å². The van der Waals surface area contributed by atoms with Crippen molar-refractivity contribution >= 4 is 17.3 Å². The van der Waals surface area contributed by atoms with Crippen LogP contribution in [0.1, 0.15) is 24.5 Å². The second-order valence-corrected chi connectivity index (χ2v) is 7.33. The monoisotopic (exact) mass is 421 g/mol. The largest absolute Gasteiger partial charge is 0.493 e. The standard InChI is InChI=1S/C25H27NO5/c1-17-13-23(27)22(25(28)29)16-26-10-9-19-14-24(31-12-6-11-30-2)21(15-20(17)19)18-7-4-3-5-8-18/h3-5,7-8,13-16,26H,6,9-12H2,1-2H3,(H,28,29)/b17-13+,22-16+. The Hall–Kier alpha value is -3.38.